The Morgan fingerprint density at radius 2 is 2.00 bits per heavy atom. The molecule has 0 radical (unpaired) electrons. The van der Waals surface area contributed by atoms with Crippen LogP contribution >= 0.6 is 35.4 Å². The van der Waals surface area contributed by atoms with Crippen LogP contribution in [0.3, 0.4) is 0 Å². The highest BCUT2D eigenvalue weighted by Gasteiger charge is 2.05. The molecule has 0 aliphatic carbocycles. The number of hydrogen-bond donors (Lipinski definition) is 2. The topological polar surface area (TPSA) is 37.0 Å². The van der Waals surface area contributed by atoms with E-state index in [-0.39, 0.29) is 0 Å². The molecule has 3 nitrogen and oxygen atoms in total. The lowest BCUT2D eigenvalue weighted by Gasteiger charge is -2.12. The second-order valence-corrected chi connectivity index (χ2v) is 5.46. The second-order valence-electron chi connectivity index (χ2n) is 4.24. The lowest BCUT2D eigenvalue weighted by Crippen LogP contribution is -2.28. The van der Waals surface area contributed by atoms with Crippen LogP contribution in [0.15, 0.2) is 36.5 Å². The summed E-state index contributed by atoms with van der Waals surface area (Å²) in [6, 6.07) is 9.42. The molecule has 0 aliphatic rings. The quantitative estimate of drug-likeness (QED) is 0.830. The molecule has 104 valence electrons. The highest BCUT2D eigenvalue weighted by atomic mass is 35.5. The summed E-state index contributed by atoms with van der Waals surface area (Å²) in [5.74, 6) is 0.536. The van der Waals surface area contributed by atoms with Gasteiger partial charge in [-0.2, -0.15) is 0 Å². The Balaban J connectivity index is 1.94. The van der Waals surface area contributed by atoms with E-state index in [0.717, 1.165) is 11.1 Å². The third-order valence-electron chi connectivity index (χ3n) is 2.61. The largest absolute Gasteiger partial charge is 0.358 e. The molecule has 0 atom stereocenters. The first-order valence-corrected chi connectivity index (χ1v) is 7.13. The van der Waals surface area contributed by atoms with Gasteiger partial charge in [-0.3, -0.25) is 0 Å². The number of rotatable bonds is 3. The number of halogens is 2. The molecule has 0 aliphatic heterocycles. The molecule has 1 aromatic heterocycles. The highest BCUT2D eigenvalue weighted by Crippen LogP contribution is 2.19. The summed E-state index contributed by atoms with van der Waals surface area (Å²) < 4.78 is 0. The fourth-order valence-electron chi connectivity index (χ4n) is 1.59. The number of hydrogen-bond acceptors (Lipinski definition) is 2. The Hall–Kier alpha value is -1.36. The predicted octanol–water partition coefficient (Wildman–Crippen LogP) is 4.18. The number of nitrogens with zero attached hydrogens (tertiary/aromatic N) is 1. The van der Waals surface area contributed by atoms with Crippen LogP contribution in [-0.2, 0) is 6.54 Å². The molecule has 0 spiro atoms. The monoisotopic (exact) mass is 325 g/mol. The number of aryl methyl sites for hydroxylation is 1. The minimum Gasteiger partial charge on any atom is -0.358 e. The van der Waals surface area contributed by atoms with Gasteiger partial charge < -0.3 is 10.6 Å². The number of anilines is 1. The Morgan fingerprint density at radius 3 is 2.70 bits per heavy atom. The SMILES string of the molecule is Cc1cnc(NC(=S)NCc2ccccc2Cl)c(Cl)c1. The van der Waals surface area contributed by atoms with E-state index in [1.54, 1.807) is 6.20 Å². The zero-order chi connectivity index (χ0) is 14.5. The Labute approximate surface area is 133 Å². The van der Waals surface area contributed by atoms with E-state index in [9.17, 15) is 0 Å². The standard InChI is InChI=1S/C14H13Cl2N3S/c1-9-6-12(16)13(17-7-9)19-14(20)18-8-10-4-2-3-5-11(10)15/h2-7H,8H2,1H3,(H2,17,18,19,20). The van der Waals surface area contributed by atoms with Crippen LogP contribution in [0, 0.1) is 6.92 Å². The minimum atomic E-state index is 0.447. The first kappa shape index (κ1) is 15.0. The van der Waals surface area contributed by atoms with Crippen LogP contribution < -0.4 is 10.6 Å². The van der Waals surface area contributed by atoms with Crippen LogP contribution in [-0.4, -0.2) is 10.1 Å². The van der Waals surface area contributed by atoms with Crippen molar-refractivity contribution in [3.8, 4) is 0 Å². The maximum absolute atomic E-state index is 6.08. The van der Waals surface area contributed by atoms with E-state index in [2.05, 4.69) is 15.6 Å². The van der Waals surface area contributed by atoms with Crippen LogP contribution in [0.25, 0.3) is 0 Å². The molecule has 0 saturated heterocycles. The summed E-state index contributed by atoms with van der Waals surface area (Å²) >= 11 is 17.4. The molecule has 6 heteroatoms. The predicted molar refractivity (Wildman–Crippen MR) is 88.5 cm³/mol. The molecule has 2 N–H and O–H groups in total. The van der Waals surface area contributed by atoms with Gasteiger partial charge in [0.1, 0.15) is 0 Å². The molecule has 0 saturated carbocycles. The van der Waals surface area contributed by atoms with Crippen molar-refractivity contribution in [1.29, 1.82) is 0 Å². The van der Waals surface area contributed by atoms with Gasteiger partial charge in [0.2, 0.25) is 0 Å². The van der Waals surface area contributed by atoms with Gasteiger partial charge in [0.05, 0.1) is 5.02 Å². The number of aromatic nitrogens is 1. The smallest absolute Gasteiger partial charge is 0.172 e. The molecular formula is C14H13Cl2N3S. The third kappa shape index (κ3) is 4.07. The molecular weight excluding hydrogens is 313 g/mol. The van der Waals surface area contributed by atoms with Gasteiger partial charge in [0.25, 0.3) is 0 Å². The summed E-state index contributed by atoms with van der Waals surface area (Å²) in [5, 5.41) is 7.71. The van der Waals surface area contributed by atoms with Crippen LogP contribution in [0.1, 0.15) is 11.1 Å². The molecule has 0 amide bonds. The minimum absolute atomic E-state index is 0.447. The van der Waals surface area contributed by atoms with E-state index in [1.165, 1.54) is 0 Å². The van der Waals surface area contributed by atoms with Gasteiger partial charge in [0, 0.05) is 17.8 Å². The van der Waals surface area contributed by atoms with Gasteiger partial charge in [-0.15, -0.1) is 0 Å². The summed E-state index contributed by atoms with van der Waals surface area (Å²) in [6.07, 6.45) is 1.73. The first-order valence-electron chi connectivity index (χ1n) is 5.96. The molecule has 0 bridgehead atoms. The molecule has 2 rings (SSSR count). The van der Waals surface area contributed by atoms with E-state index in [4.69, 9.17) is 35.4 Å². The zero-order valence-electron chi connectivity index (χ0n) is 10.8. The normalized spacial score (nSPS) is 10.2. The van der Waals surface area contributed by atoms with Crippen molar-refractivity contribution in [1.82, 2.24) is 10.3 Å². The fraction of sp³-hybridized carbons (Fsp3) is 0.143. The van der Waals surface area contributed by atoms with E-state index in [1.807, 2.05) is 37.3 Å². The van der Waals surface area contributed by atoms with E-state index < -0.39 is 0 Å². The molecule has 0 fully saturated rings. The Kier molecular flexibility index (Phi) is 5.17. The maximum Gasteiger partial charge on any atom is 0.172 e. The molecule has 1 heterocycles. The Morgan fingerprint density at radius 1 is 1.25 bits per heavy atom. The van der Waals surface area contributed by atoms with Crippen LogP contribution in [0.2, 0.25) is 10.0 Å². The molecule has 1 aromatic carbocycles. The van der Waals surface area contributed by atoms with Crippen molar-refractivity contribution in [3.63, 3.8) is 0 Å². The van der Waals surface area contributed by atoms with Gasteiger partial charge in [-0.1, -0.05) is 41.4 Å². The van der Waals surface area contributed by atoms with Crippen molar-refractivity contribution in [2.24, 2.45) is 0 Å². The number of pyridine rings is 1. The zero-order valence-corrected chi connectivity index (χ0v) is 13.1. The Bertz CT molecular complexity index is 632. The second kappa shape index (κ2) is 6.88. The van der Waals surface area contributed by atoms with Crippen LogP contribution in [0.4, 0.5) is 5.82 Å². The summed E-state index contributed by atoms with van der Waals surface area (Å²) in [7, 11) is 0. The molecule has 0 unspecified atom stereocenters. The van der Waals surface area contributed by atoms with Crippen LogP contribution in [0.5, 0.6) is 0 Å². The van der Waals surface area contributed by atoms with Gasteiger partial charge in [-0.05, 0) is 42.4 Å². The van der Waals surface area contributed by atoms with E-state index in [0.29, 0.717) is 27.5 Å². The summed E-state index contributed by atoms with van der Waals surface area (Å²) in [4.78, 5) is 4.19. The number of nitrogens with one attached hydrogen (secondary N) is 2. The summed E-state index contributed by atoms with van der Waals surface area (Å²) in [5.41, 5.74) is 1.97. The molecule has 2 aromatic rings. The first-order chi connectivity index (χ1) is 9.56. The lowest BCUT2D eigenvalue weighted by molar-refractivity contribution is 0.925. The van der Waals surface area contributed by atoms with Crippen molar-refractivity contribution in [2.75, 3.05) is 5.32 Å². The molecule has 20 heavy (non-hydrogen) atoms. The van der Waals surface area contributed by atoms with Gasteiger partial charge in [0.15, 0.2) is 10.9 Å². The summed E-state index contributed by atoms with van der Waals surface area (Å²) in [6.45, 7) is 2.46. The third-order valence-corrected chi connectivity index (χ3v) is 3.51. The van der Waals surface area contributed by atoms with Crippen molar-refractivity contribution in [3.05, 3.63) is 57.7 Å². The highest BCUT2D eigenvalue weighted by molar-refractivity contribution is 7.80. The van der Waals surface area contributed by atoms with Crippen molar-refractivity contribution < 1.29 is 0 Å². The number of benzene rings is 1. The van der Waals surface area contributed by atoms with Gasteiger partial charge >= 0.3 is 0 Å². The van der Waals surface area contributed by atoms with Crippen molar-refractivity contribution >= 4 is 46.4 Å². The maximum atomic E-state index is 6.08. The van der Waals surface area contributed by atoms with Crippen molar-refractivity contribution in [2.45, 2.75) is 13.5 Å². The van der Waals surface area contributed by atoms with Gasteiger partial charge in [-0.25, -0.2) is 4.98 Å². The lowest BCUT2D eigenvalue weighted by atomic mass is 10.2. The average molecular weight is 326 g/mol. The number of thiocarbonyl (C=S) groups is 1. The van der Waals surface area contributed by atoms with E-state index >= 15 is 0 Å². The fourth-order valence-corrected chi connectivity index (χ4v) is 2.23. The average Bonchev–Trinajstić information content (AvgIpc) is 2.41.